The van der Waals surface area contributed by atoms with Crippen molar-refractivity contribution in [1.29, 1.82) is 0 Å². The van der Waals surface area contributed by atoms with Crippen LogP contribution in [0.1, 0.15) is 16.7 Å². The minimum Gasteiger partial charge on any atom is -0.334 e. The second kappa shape index (κ2) is 8.83. The minimum absolute atomic E-state index is 0.129. The van der Waals surface area contributed by atoms with Crippen molar-refractivity contribution in [3.05, 3.63) is 63.9 Å². The fraction of sp³-hybridized carbons (Fsp3) is 0.263. The molecule has 8 heteroatoms. The Morgan fingerprint density at radius 1 is 1.11 bits per heavy atom. The van der Waals surface area contributed by atoms with Crippen molar-refractivity contribution in [2.24, 2.45) is 0 Å². The molecular formula is C19H20ClFN4O2. The molecule has 3 rings (SSSR count). The van der Waals surface area contributed by atoms with E-state index in [9.17, 15) is 14.0 Å². The summed E-state index contributed by atoms with van der Waals surface area (Å²) in [6.07, 6.45) is 0.580. The molecule has 27 heavy (non-hydrogen) atoms. The first kappa shape index (κ1) is 19.1. The van der Waals surface area contributed by atoms with Crippen molar-refractivity contribution in [3.8, 4) is 0 Å². The fourth-order valence-corrected chi connectivity index (χ4v) is 2.96. The van der Waals surface area contributed by atoms with Crippen LogP contribution in [0.3, 0.4) is 0 Å². The van der Waals surface area contributed by atoms with Crippen LogP contribution in [-0.2, 0) is 24.3 Å². The zero-order valence-electron chi connectivity index (χ0n) is 14.6. The molecule has 142 valence electrons. The molecule has 6 nitrogen and oxygen atoms in total. The predicted octanol–water partition coefficient (Wildman–Crippen LogP) is 2.56. The zero-order valence-corrected chi connectivity index (χ0v) is 15.3. The van der Waals surface area contributed by atoms with Gasteiger partial charge in [-0.25, -0.2) is 9.18 Å². The maximum atomic E-state index is 14.5. The van der Waals surface area contributed by atoms with Gasteiger partial charge >= 0.3 is 6.03 Å². The van der Waals surface area contributed by atoms with Crippen molar-refractivity contribution in [2.45, 2.75) is 19.5 Å². The van der Waals surface area contributed by atoms with Crippen LogP contribution >= 0.6 is 11.6 Å². The van der Waals surface area contributed by atoms with Crippen LogP contribution < -0.4 is 21.3 Å². The van der Waals surface area contributed by atoms with Crippen LogP contribution in [0.15, 0.2) is 36.4 Å². The van der Waals surface area contributed by atoms with E-state index >= 15 is 0 Å². The van der Waals surface area contributed by atoms with Crippen LogP contribution in [-0.4, -0.2) is 25.0 Å². The number of halogens is 2. The lowest BCUT2D eigenvalue weighted by atomic mass is 9.99. The highest BCUT2D eigenvalue weighted by Gasteiger charge is 2.17. The molecule has 0 aromatic heterocycles. The van der Waals surface area contributed by atoms with Gasteiger partial charge in [0.15, 0.2) is 0 Å². The van der Waals surface area contributed by atoms with E-state index in [4.69, 9.17) is 11.6 Å². The number of hydrogen-bond donors (Lipinski definition) is 4. The van der Waals surface area contributed by atoms with Crippen molar-refractivity contribution >= 4 is 29.2 Å². The average molecular weight is 391 g/mol. The Morgan fingerprint density at radius 3 is 2.67 bits per heavy atom. The third kappa shape index (κ3) is 5.18. The second-order valence-electron chi connectivity index (χ2n) is 6.20. The molecule has 1 aliphatic rings. The summed E-state index contributed by atoms with van der Waals surface area (Å²) in [5.74, 6) is -0.904. The summed E-state index contributed by atoms with van der Waals surface area (Å²) in [4.78, 5) is 23.8. The molecule has 0 fully saturated rings. The first-order chi connectivity index (χ1) is 13.0. The molecule has 0 bridgehead atoms. The Hall–Kier alpha value is -2.64. The molecule has 0 radical (unpaired) electrons. The quantitative estimate of drug-likeness (QED) is 0.633. The van der Waals surface area contributed by atoms with Crippen LogP contribution in [0.4, 0.5) is 14.9 Å². The number of fused-ring (bicyclic) bond motifs is 1. The average Bonchev–Trinajstić information content (AvgIpc) is 2.68. The summed E-state index contributed by atoms with van der Waals surface area (Å²) in [5.41, 5.74) is 2.53. The van der Waals surface area contributed by atoms with Gasteiger partial charge in [-0.1, -0.05) is 29.8 Å². The standard InChI is InChI=1S/C19H20ClFN4O2/c20-14-4-1-12(2-5-14)9-23-19(27)24-11-17(26)25-16-6-3-13-10-22-8-7-15(13)18(16)21/h1-6,22H,7-11H2,(H,25,26)(H2,23,24,27). The third-order valence-electron chi connectivity index (χ3n) is 4.26. The van der Waals surface area contributed by atoms with Crippen molar-refractivity contribution < 1.29 is 14.0 Å². The molecule has 0 atom stereocenters. The SMILES string of the molecule is O=C(CNC(=O)NCc1ccc(Cl)cc1)Nc1ccc2c(c1F)CCNC2. The number of carbonyl (C=O) groups is 2. The van der Waals surface area contributed by atoms with Gasteiger partial charge in [-0.3, -0.25) is 4.79 Å². The molecule has 1 heterocycles. The van der Waals surface area contributed by atoms with Gasteiger partial charge in [0.25, 0.3) is 0 Å². The van der Waals surface area contributed by atoms with E-state index in [-0.39, 0.29) is 12.2 Å². The highest BCUT2D eigenvalue weighted by atomic mass is 35.5. The normalized spacial score (nSPS) is 12.8. The lowest BCUT2D eigenvalue weighted by Crippen LogP contribution is -2.39. The fourth-order valence-electron chi connectivity index (χ4n) is 2.83. The second-order valence-corrected chi connectivity index (χ2v) is 6.64. The Balaban J connectivity index is 1.46. The van der Waals surface area contributed by atoms with E-state index in [1.165, 1.54) is 0 Å². The molecule has 4 N–H and O–H groups in total. The van der Waals surface area contributed by atoms with E-state index in [1.54, 1.807) is 36.4 Å². The Morgan fingerprint density at radius 2 is 1.89 bits per heavy atom. The van der Waals surface area contributed by atoms with Gasteiger partial charge in [0.05, 0.1) is 12.2 Å². The highest BCUT2D eigenvalue weighted by Crippen LogP contribution is 2.24. The molecule has 0 saturated carbocycles. The maximum Gasteiger partial charge on any atom is 0.315 e. The van der Waals surface area contributed by atoms with Gasteiger partial charge in [-0.05, 0) is 47.9 Å². The Bertz CT molecular complexity index is 842. The summed E-state index contributed by atoms with van der Waals surface area (Å²) in [7, 11) is 0. The number of urea groups is 1. The van der Waals surface area contributed by atoms with Gasteiger partial charge in [0.1, 0.15) is 5.82 Å². The number of anilines is 1. The molecule has 0 aliphatic carbocycles. The number of amides is 3. The summed E-state index contributed by atoms with van der Waals surface area (Å²) >= 11 is 5.80. The summed E-state index contributed by atoms with van der Waals surface area (Å²) in [5, 5.41) is 11.4. The lowest BCUT2D eigenvalue weighted by molar-refractivity contribution is -0.115. The van der Waals surface area contributed by atoms with E-state index in [0.29, 0.717) is 36.6 Å². The maximum absolute atomic E-state index is 14.5. The van der Waals surface area contributed by atoms with Crippen LogP contribution in [0.25, 0.3) is 0 Å². The van der Waals surface area contributed by atoms with Gasteiger partial charge in [-0.15, -0.1) is 0 Å². The zero-order chi connectivity index (χ0) is 19.2. The number of hydrogen-bond acceptors (Lipinski definition) is 3. The number of nitrogens with one attached hydrogen (secondary N) is 4. The van der Waals surface area contributed by atoms with E-state index in [2.05, 4.69) is 21.3 Å². The highest BCUT2D eigenvalue weighted by molar-refractivity contribution is 6.30. The van der Waals surface area contributed by atoms with E-state index < -0.39 is 17.8 Å². The van der Waals surface area contributed by atoms with Crippen LogP contribution in [0.2, 0.25) is 5.02 Å². The summed E-state index contributed by atoms with van der Waals surface area (Å²) in [6.45, 7) is 1.37. The van der Waals surface area contributed by atoms with Gasteiger partial charge < -0.3 is 21.3 Å². The molecular weight excluding hydrogens is 371 g/mol. The van der Waals surface area contributed by atoms with Crippen molar-refractivity contribution in [2.75, 3.05) is 18.4 Å². The smallest absolute Gasteiger partial charge is 0.315 e. The van der Waals surface area contributed by atoms with Gasteiger partial charge in [0, 0.05) is 18.1 Å². The van der Waals surface area contributed by atoms with E-state index in [0.717, 1.165) is 11.1 Å². The van der Waals surface area contributed by atoms with Crippen LogP contribution in [0, 0.1) is 5.82 Å². The number of rotatable bonds is 5. The molecule has 1 aliphatic heterocycles. The largest absolute Gasteiger partial charge is 0.334 e. The van der Waals surface area contributed by atoms with Crippen LogP contribution in [0.5, 0.6) is 0 Å². The Kier molecular flexibility index (Phi) is 6.26. The Labute approximate surface area is 161 Å². The first-order valence-corrected chi connectivity index (χ1v) is 8.97. The van der Waals surface area contributed by atoms with Gasteiger partial charge in [-0.2, -0.15) is 0 Å². The van der Waals surface area contributed by atoms with Gasteiger partial charge in [0.2, 0.25) is 5.91 Å². The first-order valence-electron chi connectivity index (χ1n) is 8.60. The molecule has 0 saturated heterocycles. The third-order valence-corrected chi connectivity index (χ3v) is 4.51. The number of benzene rings is 2. The molecule has 2 aromatic rings. The summed E-state index contributed by atoms with van der Waals surface area (Å²) in [6, 6.07) is 9.90. The lowest BCUT2D eigenvalue weighted by Gasteiger charge is -2.19. The molecule has 2 aromatic carbocycles. The monoisotopic (exact) mass is 390 g/mol. The molecule has 0 spiro atoms. The summed E-state index contributed by atoms with van der Waals surface area (Å²) < 4.78 is 14.5. The topological polar surface area (TPSA) is 82.3 Å². The molecule has 0 unspecified atom stereocenters. The van der Waals surface area contributed by atoms with E-state index in [1.807, 2.05) is 0 Å². The minimum atomic E-state index is -0.496. The number of carbonyl (C=O) groups excluding carboxylic acids is 2. The van der Waals surface area contributed by atoms with Crippen molar-refractivity contribution in [1.82, 2.24) is 16.0 Å². The van der Waals surface area contributed by atoms with Crippen molar-refractivity contribution in [3.63, 3.8) is 0 Å². The predicted molar refractivity (Wildman–Crippen MR) is 102 cm³/mol. The molecule has 3 amide bonds.